The van der Waals surface area contributed by atoms with Gasteiger partial charge in [-0.25, -0.2) is 9.37 Å². The van der Waals surface area contributed by atoms with Crippen molar-refractivity contribution >= 4 is 57.1 Å². The van der Waals surface area contributed by atoms with E-state index >= 15 is 0 Å². The summed E-state index contributed by atoms with van der Waals surface area (Å²) < 4.78 is 14.7. The van der Waals surface area contributed by atoms with E-state index in [1.54, 1.807) is 55.7 Å². The molecular formula is C24H17Cl2FN6O. The minimum absolute atomic E-state index is 0.0465. The van der Waals surface area contributed by atoms with E-state index in [1.165, 1.54) is 12.1 Å². The van der Waals surface area contributed by atoms with Crippen LogP contribution < -0.4 is 5.32 Å². The van der Waals surface area contributed by atoms with Crippen molar-refractivity contribution in [3.63, 3.8) is 0 Å². The van der Waals surface area contributed by atoms with Crippen LogP contribution in [0.3, 0.4) is 0 Å². The molecule has 0 spiro atoms. The van der Waals surface area contributed by atoms with Crippen LogP contribution in [0.5, 0.6) is 0 Å². The first-order chi connectivity index (χ1) is 16.4. The average molecular weight is 495 g/mol. The lowest BCUT2D eigenvalue weighted by atomic mass is 9.90. The van der Waals surface area contributed by atoms with Gasteiger partial charge in [0.2, 0.25) is 5.91 Å². The number of aromatic nitrogens is 3. The van der Waals surface area contributed by atoms with Gasteiger partial charge in [0.05, 0.1) is 23.1 Å². The quantitative estimate of drug-likeness (QED) is 0.360. The molecule has 2 N–H and O–H groups in total. The summed E-state index contributed by atoms with van der Waals surface area (Å²) in [6.07, 6.45) is 2.53. The molecule has 1 amide bonds. The van der Waals surface area contributed by atoms with Crippen molar-refractivity contribution in [3.8, 4) is 0 Å². The molecule has 4 aromatic rings. The zero-order valence-electron chi connectivity index (χ0n) is 17.8. The van der Waals surface area contributed by atoms with Crippen LogP contribution in [0.1, 0.15) is 24.2 Å². The van der Waals surface area contributed by atoms with E-state index in [1.807, 2.05) is 0 Å². The molecule has 0 aliphatic carbocycles. The Morgan fingerprint density at radius 3 is 2.65 bits per heavy atom. The molecule has 0 bridgehead atoms. The molecule has 0 fully saturated rings. The predicted octanol–water partition coefficient (Wildman–Crippen LogP) is 5.62. The second kappa shape index (κ2) is 8.96. The molecule has 7 nitrogen and oxygen atoms in total. The second-order valence-electron chi connectivity index (χ2n) is 7.79. The van der Waals surface area contributed by atoms with Crippen LogP contribution in [0.4, 0.5) is 10.1 Å². The number of halogens is 3. The molecule has 170 valence electrons. The Morgan fingerprint density at radius 2 is 1.88 bits per heavy atom. The Labute approximate surface area is 203 Å². The van der Waals surface area contributed by atoms with Gasteiger partial charge in [0.15, 0.2) is 6.17 Å². The van der Waals surface area contributed by atoms with E-state index in [0.29, 0.717) is 38.1 Å². The van der Waals surface area contributed by atoms with Crippen LogP contribution in [0.25, 0.3) is 10.9 Å². The highest BCUT2D eigenvalue weighted by atomic mass is 35.5. The van der Waals surface area contributed by atoms with Crippen LogP contribution in [0.15, 0.2) is 70.9 Å². The lowest BCUT2D eigenvalue weighted by molar-refractivity contribution is -0.116. The zero-order valence-corrected chi connectivity index (χ0v) is 19.3. The summed E-state index contributed by atoms with van der Waals surface area (Å²) in [5, 5.41) is 10.8. The number of aromatic amines is 1. The van der Waals surface area contributed by atoms with Gasteiger partial charge in [-0.3, -0.25) is 19.9 Å². The smallest absolute Gasteiger partial charge is 0.239 e. The predicted molar refractivity (Wildman–Crippen MR) is 131 cm³/mol. The maximum Gasteiger partial charge on any atom is 0.239 e. The average Bonchev–Trinajstić information content (AvgIpc) is 3.26. The Bertz CT molecular complexity index is 1460. The number of benzene rings is 2. The molecule has 5 rings (SSSR count). The number of H-pyrrole nitrogens is 1. The number of pyridine rings is 1. The van der Waals surface area contributed by atoms with Gasteiger partial charge in [-0.05, 0) is 42.8 Å². The van der Waals surface area contributed by atoms with Crippen molar-refractivity contribution < 1.29 is 9.18 Å². The largest absolute Gasteiger partial charge is 0.323 e. The Balaban J connectivity index is 1.54. The number of fused-ring (bicyclic) bond motifs is 1. The third kappa shape index (κ3) is 4.30. The fraction of sp³-hybridized carbons (Fsp3) is 0.125. The molecule has 3 heterocycles. The molecule has 0 saturated heterocycles. The number of nitrogens with zero attached hydrogens (tertiary/aromatic N) is 4. The van der Waals surface area contributed by atoms with Gasteiger partial charge in [-0.2, -0.15) is 5.10 Å². The fourth-order valence-electron chi connectivity index (χ4n) is 3.87. The summed E-state index contributed by atoms with van der Waals surface area (Å²) in [7, 11) is 0. The molecule has 0 radical (unpaired) electrons. The highest BCUT2D eigenvalue weighted by Gasteiger charge is 2.34. The lowest BCUT2D eigenvalue weighted by Gasteiger charge is -2.26. The Hall–Kier alpha value is -3.62. The lowest BCUT2D eigenvalue weighted by Crippen LogP contribution is -2.38. The van der Waals surface area contributed by atoms with Crippen molar-refractivity contribution in [2.75, 3.05) is 5.32 Å². The molecule has 1 aliphatic heterocycles. The first-order valence-corrected chi connectivity index (χ1v) is 11.1. The van der Waals surface area contributed by atoms with Crippen LogP contribution >= 0.6 is 23.2 Å². The Kier molecular flexibility index (Phi) is 5.85. The third-order valence-electron chi connectivity index (χ3n) is 5.52. The van der Waals surface area contributed by atoms with Crippen molar-refractivity contribution in [2.24, 2.45) is 15.9 Å². The minimum atomic E-state index is -0.839. The molecule has 1 aliphatic rings. The topological polar surface area (TPSA) is 95.4 Å². The number of amides is 1. The number of carbonyl (C=O) groups is 1. The zero-order chi connectivity index (χ0) is 23.8. The molecule has 2 aromatic heterocycles. The summed E-state index contributed by atoms with van der Waals surface area (Å²) in [5.74, 6) is -1.87. The summed E-state index contributed by atoms with van der Waals surface area (Å²) in [4.78, 5) is 26.9. The van der Waals surface area contributed by atoms with Crippen LogP contribution in [0, 0.1) is 11.7 Å². The van der Waals surface area contributed by atoms with Crippen LogP contribution in [-0.2, 0) is 4.79 Å². The van der Waals surface area contributed by atoms with Crippen molar-refractivity contribution in [1.29, 1.82) is 0 Å². The van der Waals surface area contributed by atoms with E-state index < -0.39 is 23.8 Å². The van der Waals surface area contributed by atoms with Crippen molar-refractivity contribution in [3.05, 3.63) is 88.0 Å². The second-order valence-corrected chi connectivity index (χ2v) is 8.61. The van der Waals surface area contributed by atoms with Crippen molar-refractivity contribution in [1.82, 2.24) is 15.2 Å². The van der Waals surface area contributed by atoms with Crippen LogP contribution in [-0.4, -0.2) is 32.5 Å². The van der Waals surface area contributed by atoms with Gasteiger partial charge in [0, 0.05) is 33.9 Å². The molecule has 34 heavy (non-hydrogen) atoms. The third-order valence-corrected chi connectivity index (χ3v) is 5.97. The Morgan fingerprint density at radius 1 is 1.09 bits per heavy atom. The van der Waals surface area contributed by atoms with E-state index in [2.05, 4.69) is 25.5 Å². The normalized spacial score (nSPS) is 17.9. The highest BCUT2D eigenvalue weighted by Crippen LogP contribution is 2.31. The minimum Gasteiger partial charge on any atom is -0.323 e. The van der Waals surface area contributed by atoms with Gasteiger partial charge in [-0.1, -0.05) is 35.3 Å². The van der Waals surface area contributed by atoms with Gasteiger partial charge in [-0.15, -0.1) is 0 Å². The van der Waals surface area contributed by atoms with Crippen molar-refractivity contribution in [2.45, 2.75) is 13.1 Å². The number of carbonyl (C=O) groups excluding carboxylic acids is 1. The monoisotopic (exact) mass is 494 g/mol. The number of hydrogen-bond acceptors (Lipinski definition) is 5. The maximum absolute atomic E-state index is 14.7. The van der Waals surface area contributed by atoms with Crippen LogP contribution in [0.2, 0.25) is 10.2 Å². The van der Waals surface area contributed by atoms with Gasteiger partial charge >= 0.3 is 0 Å². The maximum atomic E-state index is 14.7. The molecular weight excluding hydrogens is 478 g/mol. The summed E-state index contributed by atoms with van der Waals surface area (Å²) in [6.45, 7) is 1.75. The molecule has 2 unspecified atom stereocenters. The highest BCUT2D eigenvalue weighted by molar-refractivity contribution is 6.32. The van der Waals surface area contributed by atoms with Gasteiger partial charge in [0.1, 0.15) is 16.9 Å². The molecule has 2 aromatic carbocycles. The van der Waals surface area contributed by atoms with Gasteiger partial charge < -0.3 is 5.32 Å². The SMILES string of the molecule is CC1=NC(c2ccnc(Cl)c2)N=C(c2ccc(Cl)cc2)C1C(=O)Nc1cc2cn[nH]c2cc1F. The number of rotatable bonds is 4. The van der Waals surface area contributed by atoms with E-state index in [0.717, 1.165) is 5.56 Å². The number of nitrogens with one attached hydrogen (secondary N) is 2. The van der Waals surface area contributed by atoms with E-state index in [4.69, 9.17) is 28.2 Å². The van der Waals surface area contributed by atoms with E-state index in [9.17, 15) is 9.18 Å². The van der Waals surface area contributed by atoms with Gasteiger partial charge in [0.25, 0.3) is 0 Å². The standard InChI is InChI=1S/C24H17Cl2FN6O/c1-12-21(24(34)31-19-8-15-11-29-33-18(15)10-17(19)27)22(13-2-4-16(25)5-3-13)32-23(30-12)14-6-7-28-20(26)9-14/h2-11,21,23H,1H3,(H,29,33)(H,31,34). The summed E-state index contributed by atoms with van der Waals surface area (Å²) in [6, 6.07) is 13.3. The number of hydrogen-bond donors (Lipinski definition) is 2. The first-order valence-electron chi connectivity index (χ1n) is 10.3. The summed E-state index contributed by atoms with van der Waals surface area (Å²) in [5.41, 5.74) is 3.04. The summed E-state index contributed by atoms with van der Waals surface area (Å²) >= 11 is 12.1. The number of aliphatic imine (C=N–C) groups is 2. The number of anilines is 1. The molecule has 10 heteroatoms. The fourth-order valence-corrected chi connectivity index (χ4v) is 4.18. The molecule has 0 saturated carbocycles. The molecule has 2 atom stereocenters. The first kappa shape index (κ1) is 22.2. The van der Waals surface area contributed by atoms with E-state index in [-0.39, 0.29) is 5.69 Å².